The van der Waals surface area contributed by atoms with E-state index in [0.717, 1.165) is 27.8 Å². The van der Waals surface area contributed by atoms with E-state index in [4.69, 9.17) is 9.47 Å². The Bertz CT molecular complexity index is 1110. The molecule has 0 spiro atoms. The first kappa shape index (κ1) is 22.6. The van der Waals surface area contributed by atoms with E-state index in [0.29, 0.717) is 21.4 Å². The van der Waals surface area contributed by atoms with Crippen molar-refractivity contribution in [2.24, 2.45) is 0 Å². The largest absolute Gasteiger partial charge is 0.462 e. The number of amides is 1. The molecule has 1 amide bonds. The Hall–Kier alpha value is -3.05. The monoisotopic (exact) mass is 460 g/mol. The average molecular weight is 461 g/mol. The Labute approximate surface area is 186 Å². The fourth-order valence-corrected chi connectivity index (χ4v) is 4.21. The smallest absolute Gasteiger partial charge is 0.338 e. The summed E-state index contributed by atoms with van der Waals surface area (Å²) in [5, 5.41) is 3.42. The summed E-state index contributed by atoms with van der Waals surface area (Å²) >= 11 is 2.35. The first-order valence-corrected chi connectivity index (χ1v) is 11.1. The molecule has 11 heteroatoms. The molecule has 0 radical (unpaired) electrons. The van der Waals surface area contributed by atoms with Crippen LogP contribution in [0.25, 0.3) is 10.2 Å². The molecule has 0 unspecified atom stereocenters. The maximum absolute atomic E-state index is 12.1. The van der Waals surface area contributed by atoms with E-state index in [1.165, 1.54) is 11.3 Å². The molecule has 0 bridgehead atoms. The predicted octanol–water partition coefficient (Wildman–Crippen LogP) is 3.15. The molecule has 3 rings (SSSR count). The number of nitrogens with one attached hydrogen (secondary N) is 1. The molecule has 31 heavy (non-hydrogen) atoms. The van der Waals surface area contributed by atoms with Gasteiger partial charge in [0.25, 0.3) is 5.91 Å². The minimum absolute atomic E-state index is 0.00600. The standard InChI is InChI=1S/C20H20N4O5S2/c1-4-28-18(27)13-5-6-14-15(8-13)31-20(23-14)24-16(25)9-29-17(26)10-30-19-21-11(2)7-12(3)22-19/h5-8H,4,9-10H2,1-3H3,(H,23,24,25). The molecule has 0 saturated carbocycles. The summed E-state index contributed by atoms with van der Waals surface area (Å²) in [6.07, 6.45) is 0. The number of anilines is 1. The SMILES string of the molecule is CCOC(=O)c1ccc2nc(NC(=O)COC(=O)CSc3nc(C)cc(C)n3)sc2c1. The number of esters is 2. The molecule has 2 heterocycles. The Morgan fingerprint density at radius 2 is 1.81 bits per heavy atom. The predicted molar refractivity (Wildman–Crippen MR) is 117 cm³/mol. The van der Waals surface area contributed by atoms with E-state index < -0.39 is 24.5 Å². The molecule has 1 N–H and O–H groups in total. The molecule has 0 saturated heterocycles. The van der Waals surface area contributed by atoms with Crippen LogP contribution in [0.15, 0.2) is 29.4 Å². The maximum atomic E-state index is 12.1. The molecule has 9 nitrogen and oxygen atoms in total. The van der Waals surface area contributed by atoms with Gasteiger partial charge in [0.15, 0.2) is 16.9 Å². The molecule has 3 aromatic rings. The van der Waals surface area contributed by atoms with E-state index in [9.17, 15) is 14.4 Å². The number of thiazole rings is 1. The Balaban J connectivity index is 1.50. The van der Waals surface area contributed by atoms with Crippen molar-refractivity contribution in [3.05, 3.63) is 41.2 Å². The van der Waals surface area contributed by atoms with Gasteiger partial charge in [0.2, 0.25) is 0 Å². The molecule has 2 aromatic heterocycles. The highest BCUT2D eigenvalue weighted by Gasteiger charge is 2.14. The van der Waals surface area contributed by atoms with Gasteiger partial charge in [-0.15, -0.1) is 0 Å². The van der Waals surface area contributed by atoms with Crippen LogP contribution in [0.3, 0.4) is 0 Å². The van der Waals surface area contributed by atoms with Crippen LogP contribution in [-0.4, -0.2) is 51.8 Å². The minimum Gasteiger partial charge on any atom is -0.462 e. The summed E-state index contributed by atoms with van der Waals surface area (Å²) in [7, 11) is 0. The molecule has 0 fully saturated rings. The summed E-state index contributed by atoms with van der Waals surface area (Å²) in [5.41, 5.74) is 2.67. The van der Waals surface area contributed by atoms with E-state index in [-0.39, 0.29) is 12.4 Å². The summed E-state index contributed by atoms with van der Waals surface area (Å²) in [4.78, 5) is 48.6. The van der Waals surface area contributed by atoms with Crippen LogP contribution in [0.2, 0.25) is 0 Å². The van der Waals surface area contributed by atoms with E-state index in [1.807, 2.05) is 19.9 Å². The van der Waals surface area contributed by atoms with Crippen LogP contribution < -0.4 is 5.32 Å². The van der Waals surface area contributed by atoms with Gasteiger partial charge in [-0.3, -0.25) is 14.9 Å². The zero-order valence-electron chi connectivity index (χ0n) is 17.1. The van der Waals surface area contributed by atoms with Gasteiger partial charge in [-0.1, -0.05) is 23.1 Å². The number of benzene rings is 1. The van der Waals surface area contributed by atoms with Crippen molar-refractivity contribution in [1.82, 2.24) is 15.0 Å². The van der Waals surface area contributed by atoms with Crippen molar-refractivity contribution in [1.29, 1.82) is 0 Å². The van der Waals surface area contributed by atoms with Crippen molar-refractivity contribution < 1.29 is 23.9 Å². The number of thioether (sulfide) groups is 1. The molecule has 1 aromatic carbocycles. The highest BCUT2D eigenvalue weighted by atomic mass is 32.2. The van der Waals surface area contributed by atoms with Gasteiger partial charge >= 0.3 is 11.9 Å². The van der Waals surface area contributed by atoms with Gasteiger partial charge < -0.3 is 9.47 Å². The molecule has 0 aliphatic carbocycles. The van der Waals surface area contributed by atoms with Crippen molar-refractivity contribution >= 4 is 56.3 Å². The molecular formula is C20H20N4O5S2. The third-order valence-electron chi connectivity index (χ3n) is 3.79. The topological polar surface area (TPSA) is 120 Å². The average Bonchev–Trinajstić information content (AvgIpc) is 3.11. The number of hydrogen-bond acceptors (Lipinski definition) is 10. The molecule has 162 valence electrons. The highest BCUT2D eigenvalue weighted by Crippen LogP contribution is 2.27. The van der Waals surface area contributed by atoms with Crippen LogP contribution in [-0.2, 0) is 19.1 Å². The Morgan fingerprint density at radius 3 is 2.52 bits per heavy atom. The lowest BCUT2D eigenvalue weighted by Gasteiger charge is -2.05. The van der Waals surface area contributed by atoms with Crippen LogP contribution in [0, 0.1) is 13.8 Å². The molecule has 0 aliphatic rings. The van der Waals surface area contributed by atoms with Gasteiger partial charge in [0, 0.05) is 11.4 Å². The second kappa shape index (κ2) is 10.3. The number of aromatic nitrogens is 3. The number of nitrogens with zero attached hydrogens (tertiary/aromatic N) is 3. The van der Waals surface area contributed by atoms with Crippen LogP contribution >= 0.6 is 23.1 Å². The molecule has 0 atom stereocenters. The first-order chi connectivity index (χ1) is 14.8. The lowest BCUT2D eigenvalue weighted by atomic mass is 10.2. The number of carbonyl (C=O) groups excluding carboxylic acids is 3. The van der Waals surface area contributed by atoms with Gasteiger partial charge in [0.1, 0.15) is 0 Å². The number of aryl methyl sites for hydroxylation is 2. The number of fused-ring (bicyclic) bond motifs is 1. The van der Waals surface area contributed by atoms with E-state index in [2.05, 4.69) is 20.3 Å². The van der Waals surface area contributed by atoms with Crippen molar-refractivity contribution in [2.45, 2.75) is 25.9 Å². The van der Waals surface area contributed by atoms with Gasteiger partial charge in [-0.05, 0) is 45.0 Å². The molecular weight excluding hydrogens is 440 g/mol. The fourth-order valence-electron chi connectivity index (χ4n) is 2.54. The number of rotatable bonds is 8. The summed E-state index contributed by atoms with van der Waals surface area (Å²) in [6, 6.07) is 6.80. The lowest BCUT2D eigenvalue weighted by molar-refractivity contribution is -0.144. The summed E-state index contributed by atoms with van der Waals surface area (Å²) in [6.45, 7) is 5.29. The lowest BCUT2D eigenvalue weighted by Crippen LogP contribution is -2.21. The second-order valence-corrected chi connectivity index (χ2v) is 8.33. The first-order valence-electron chi connectivity index (χ1n) is 9.32. The van der Waals surface area contributed by atoms with Crippen LogP contribution in [0.5, 0.6) is 0 Å². The second-order valence-electron chi connectivity index (χ2n) is 6.35. The number of ether oxygens (including phenoxy) is 2. The summed E-state index contributed by atoms with van der Waals surface area (Å²) < 4.78 is 10.7. The zero-order valence-corrected chi connectivity index (χ0v) is 18.8. The maximum Gasteiger partial charge on any atom is 0.338 e. The van der Waals surface area contributed by atoms with Crippen molar-refractivity contribution in [3.8, 4) is 0 Å². The third-order valence-corrected chi connectivity index (χ3v) is 5.55. The van der Waals surface area contributed by atoms with E-state index in [1.54, 1.807) is 25.1 Å². The molecule has 0 aliphatic heterocycles. The van der Waals surface area contributed by atoms with Gasteiger partial charge in [0.05, 0.1) is 28.1 Å². The third kappa shape index (κ3) is 6.46. The van der Waals surface area contributed by atoms with Crippen LogP contribution in [0.4, 0.5) is 5.13 Å². The van der Waals surface area contributed by atoms with Crippen molar-refractivity contribution in [3.63, 3.8) is 0 Å². The van der Waals surface area contributed by atoms with Crippen molar-refractivity contribution in [2.75, 3.05) is 24.3 Å². The number of hydrogen-bond donors (Lipinski definition) is 1. The quantitative estimate of drug-likeness (QED) is 0.307. The Kier molecular flexibility index (Phi) is 7.53. The Morgan fingerprint density at radius 1 is 1.06 bits per heavy atom. The number of carbonyl (C=O) groups is 3. The van der Waals surface area contributed by atoms with Gasteiger partial charge in [-0.2, -0.15) is 0 Å². The van der Waals surface area contributed by atoms with E-state index >= 15 is 0 Å². The van der Waals surface area contributed by atoms with Crippen LogP contribution in [0.1, 0.15) is 28.7 Å². The summed E-state index contributed by atoms with van der Waals surface area (Å²) in [5.74, 6) is -1.48. The fraction of sp³-hybridized carbons (Fsp3) is 0.300. The minimum atomic E-state index is -0.550. The normalized spacial score (nSPS) is 10.7. The van der Waals surface area contributed by atoms with Gasteiger partial charge in [-0.25, -0.2) is 19.7 Å². The highest BCUT2D eigenvalue weighted by molar-refractivity contribution is 7.99. The zero-order chi connectivity index (χ0) is 22.4.